The Balaban J connectivity index is 3.22. The molecule has 0 fully saturated rings. The Bertz CT molecular complexity index is 295. The van der Waals surface area contributed by atoms with Crippen LogP contribution in [-0.4, -0.2) is 0 Å². The fraction of sp³-hybridized carbons (Fsp3) is 0.538. The van der Waals surface area contributed by atoms with Crippen LogP contribution in [0.3, 0.4) is 0 Å². The maximum Gasteiger partial charge on any atom is -0.0103 e. The van der Waals surface area contributed by atoms with Gasteiger partial charge in [0, 0.05) is 0 Å². The summed E-state index contributed by atoms with van der Waals surface area (Å²) in [5.74, 6) is 0. The fourth-order valence-corrected chi connectivity index (χ4v) is 1.67. The van der Waals surface area contributed by atoms with Crippen LogP contribution in [0.2, 0.25) is 0 Å². The lowest BCUT2D eigenvalue weighted by atomic mass is 9.79. The number of rotatable bonds is 2. The molecule has 13 heavy (non-hydrogen) atoms. The normalized spacial score (nSPS) is 11.8. The van der Waals surface area contributed by atoms with Gasteiger partial charge in [-0.15, -0.1) is 0 Å². The predicted octanol–water partition coefficient (Wildman–Crippen LogP) is 3.99. The van der Waals surface area contributed by atoms with E-state index in [1.807, 2.05) is 0 Å². The molecule has 0 heteroatoms. The molecule has 0 heterocycles. The first-order valence-electron chi connectivity index (χ1n) is 5.05. The van der Waals surface area contributed by atoms with Crippen molar-refractivity contribution in [3.63, 3.8) is 0 Å². The van der Waals surface area contributed by atoms with E-state index in [1.165, 1.54) is 23.1 Å². The summed E-state index contributed by atoms with van der Waals surface area (Å²) in [7, 11) is 0. The second-order valence-electron chi connectivity index (χ2n) is 4.48. The Labute approximate surface area is 82.0 Å². The molecule has 0 saturated heterocycles. The van der Waals surface area contributed by atoms with Gasteiger partial charge < -0.3 is 0 Å². The Morgan fingerprint density at radius 3 is 2.31 bits per heavy atom. The average molecular weight is 176 g/mol. The van der Waals surface area contributed by atoms with Crippen LogP contribution in [0.15, 0.2) is 18.2 Å². The van der Waals surface area contributed by atoms with Crippen LogP contribution in [0.25, 0.3) is 0 Å². The molecule has 0 saturated carbocycles. The minimum atomic E-state index is 0.316. The topological polar surface area (TPSA) is 0 Å². The molecule has 72 valence electrons. The standard InChI is InChI=1S/C13H20/c1-6-13(4,5)12-9-7-8-10(2)11(12)3/h7-9H,6H2,1-5H3. The summed E-state index contributed by atoms with van der Waals surface area (Å²) < 4.78 is 0. The minimum Gasteiger partial charge on any atom is -0.0646 e. The van der Waals surface area contributed by atoms with E-state index >= 15 is 0 Å². The summed E-state index contributed by atoms with van der Waals surface area (Å²) in [5.41, 5.74) is 4.67. The van der Waals surface area contributed by atoms with E-state index in [0.29, 0.717) is 5.41 Å². The number of benzene rings is 1. The Hall–Kier alpha value is -0.780. The quantitative estimate of drug-likeness (QED) is 0.639. The van der Waals surface area contributed by atoms with E-state index in [2.05, 4.69) is 52.8 Å². The highest BCUT2D eigenvalue weighted by Gasteiger charge is 2.20. The molecule has 0 aliphatic heterocycles. The Morgan fingerprint density at radius 1 is 1.15 bits per heavy atom. The SMILES string of the molecule is CCC(C)(C)c1cccc(C)c1C. The first-order chi connectivity index (χ1) is 5.99. The molecule has 0 radical (unpaired) electrons. The van der Waals surface area contributed by atoms with Gasteiger partial charge >= 0.3 is 0 Å². The molecule has 0 unspecified atom stereocenters. The molecule has 0 aromatic heterocycles. The summed E-state index contributed by atoms with van der Waals surface area (Å²) in [6.45, 7) is 11.3. The van der Waals surface area contributed by atoms with Gasteiger partial charge in [0.05, 0.1) is 0 Å². The second-order valence-corrected chi connectivity index (χ2v) is 4.48. The van der Waals surface area contributed by atoms with Gasteiger partial charge in [0.15, 0.2) is 0 Å². The first kappa shape index (κ1) is 10.3. The zero-order valence-corrected chi connectivity index (χ0v) is 9.44. The van der Waals surface area contributed by atoms with Gasteiger partial charge in [0.2, 0.25) is 0 Å². The maximum absolute atomic E-state index is 2.31. The van der Waals surface area contributed by atoms with Crippen LogP contribution in [-0.2, 0) is 5.41 Å². The maximum atomic E-state index is 2.31. The van der Waals surface area contributed by atoms with Crippen LogP contribution in [0.1, 0.15) is 43.9 Å². The third kappa shape index (κ3) is 1.93. The third-order valence-corrected chi connectivity index (χ3v) is 3.22. The molecule has 0 aliphatic carbocycles. The minimum absolute atomic E-state index is 0.316. The summed E-state index contributed by atoms with van der Waals surface area (Å²) in [6.07, 6.45) is 1.19. The third-order valence-electron chi connectivity index (χ3n) is 3.22. The number of aryl methyl sites for hydroxylation is 1. The summed E-state index contributed by atoms with van der Waals surface area (Å²) >= 11 is 0. The molecule has 1 aromatic carbocycles. The molecular weight excluding hydrogens is 156 g/mol. The van der Waals surface area contributed by atoms with Crippen molar-refractivity contribution in [2.24, 2.45) is 0 Å². The van der Waals surface area contributed by atoms with Crippen LogP contribution in [0, 0.1) is 13.8 Å². The molecular formula is C13H20. The smallest absolute Gasteiger partial charge is 0.0103 e. The molecule has 1 aromatic rings. The van der Waals surface area contributed by atoms with Crippen molar-refractivity contribution >= 4 is 0 Å². The van der Waals surface area contributed by atoms with Crippen molar-refractivity contribution in [2.75, 3.05) is 0 Å². The van der Waals surface area contributed by atoms with Crippen molar-refractivity contribution in [2.45, 2.75) is 46.5 Å². The Kier molecular flexibility index (Phi) is 2.80. The summed E-state index contributed by atoms with van der Waals surface area (Å²) in [6, 6.07) is 6.60. The lowest BCUT2D eigenvalue weighted by Gasteiger charge is -2.26. The Morgan fingerprint density at radius 2 is 1.77 bits per heavy atom. The van der Waals surface area contributed by atoms with Gasteiger partial charge in [-0.2, -0.15) is 0 Å². The highest BCUT2D eigenvalue weighted by atomic mass is 14.2. The van der Waals surface area contributed by atoms with Crippen molar-refractivity contribution in [3.8, 4) is 0 Å². The van der Waals surface area contributed by atoms with Gasteiger partial charge in [-0.05, 0) is 42.4 Å². The van der Waals surface area contributed by atoms with Crippen LogP contribution in [0.4, 0.5) is 0 Å². The molecule has 0 N–H and O–H groups in total. The molecule has 0 amide bonds. The van der Waals surface area contributed by atoms with E-state index in [0.717, 1.165) is 0 Å². The lowest BCUT2D eigenvalue weighted by Crippen LogP contribution is -2.17. The van der Waals surface area contributed by atoms with Crippen LogP contribution < -0.4 is 0 Å². The average Bonchev–Trinajstić information content (AvgIpc) is 2.09. The fourth-order valence-electron chi connectivity index (χ4n) is 1.67. The molecule has 1 rings (SSSR count). The van der Waals surface area contributed by atoms with E-state index in [4.69, 9.17) is 0 Å². The lowest BCUT2D eigenvalue weighted by molar-refractivity contribution is 0.503. The number of hydrogen-bond acceptors (Lipinski definition) is 0. The van der Waals surface area contributed by atoms with Gasteiger partial charge in [-0.1, -0.05) is 39.0 Å². The highest BCUT2D eigenvalue weighted by Crippen LogP contribution is 2.30. The van der Waals surface area contributed by atoms with E-state index in [9.17, 15) is 0 Å². The highest BCUT2D eigenvalue weighted by molar-refractivity contribution is 5.37. The zero-order valence-electron chi connectivity index (χ0n) is 9.44. The van der Waals surface area contributed by atoms with Gasteiger partial charge in [-0.3, -0.25) is 0 Å². The predicted molar refractivity (Wildman–Crippen MR) is 59.2 cm³/mol. The second kappa shape index (κ2) is 3.53. The van der Waals surface area contributed by atoms with Crippen LogP contribution in [0.5, 0.6) is 0 Å². The van der Waals surface area contributed by atoms with Gasteiger partial charge in [0.1, 0.15) is 0 Å². The molecule has 0 spiro atoms. The molecule has 0 nitrogen and oxygen atoms in total. The first-order valence-corrected chi connectivity index (χ1v) is 5.05. The van der Waals surface area contributed by atoms with Crippen molar-refractivity contribution in [1.82, 2.24) is 0 Å². The van der Waals surface area contributed by atoms with E-state index < -0.39 is 0 Å². The molecule has 0 atom stereocenters. The van der Waals surface area contributed by atoms with Crippen molar-refractivity contribution in [3.05, 3.63) is 34.9 Å². The van der Waals surface area contributed by atoms with Crippen molar-refractivity contribution < 1.29 is 0 Å². The summed E-state index contributed by atoms with van der Waals surface area (Å²) in [5, 5.41) is 0. The van der Waals surface area contributed by atoms with Gasteiger partial charge in [-0.25, -0.2) is 0 Å². The molecule has 0 aliphatic rings. The van der Waals surface area contributed by atoms with E-state index in [-0.39, 0.29) is 0 Å². The van der Waals surface area contributed by atoms with E-state index in [1.54, 1.807) is 0 Å². The monoisotopic (exact) mass is 176 g/mol. The van der Waals surface area contributed by atoms with Crippen LogP contribution >= 0.6 is 0 Å². The number of hydrogen-bond donors (Lipinski definition) is 0. The van der Waals surface area contributed by atoms with Gasteiger partial charge in [0.25, 0.3) is 0 Å². The summed E-state index contributed by atoms with van der Waals surface area (Å²) in [4.78, 5) is 0. The van der Waals surface area contributed by atoms with Crippen molar-refractivity contribution in [1.29, 1.82) is 0 Å². The largest absolute Gasteiger partial charge is 0.0646 e. The zero-order chi connectivity index (χ0) is 10.1. The molecule has 0 bridgehead atoms.